The van der Waals surface area contributed by atoms with Crippen molar-refractivity contribution in [1.82, 2.24) is 0 Å². The zero-order valence-electron chi connectivity index (χ0n) is 18.3. The van der Waals surface area contributed by atoms with E-state index in [0.717, 1.165) is 6.04 Å². The van der Waals surface area contributed by atoms with Crippen molar-refractivity contribution in [3.63, 3.8) is 0 Å². The van der Waals surface area contributed by atoms with Crippen molar-refractivity contribution in [3.05, 3.63) is 80.9 Å². The molecule has 3 unspecified atom stereocenters. The molecule has 3 atom stereocenters. The molecule has 2 aliphatic carbocycles. The monoisotopic (exact) mass is 519 g/mol. The number of halogens is 2. The Bertz CT molecular complexity index is 989. The van der Waals surface area contributed by atoms with E-state index in [1.165, 1.54) is 44.5 Å². The molecule has 0 nitrogen and oxygen atoms in total. The number of hydrogen-bond donors (Lipinski definition) is 0. The standard InChI is InChI=1S/2C11H11.C3H9Si.2ClH.Zr/c2*1-8-6-10-5-3-4-9(2)11(10)7-8;1-3-4-2;;;/h2*3-7H,1-2H3;4H,3H2,1-2H3;2*1H;/q;;;;;+2/p-2. The van der Waals surface area contributed by atoms with Gasteiger partial charge in [-0.15, -0.1) is 0 Å². The number of hydrogen-bond acceptors (Lipinski definition) is 0. The molecule has 0 aromatic heterocycles. The van der Waals surface area contributed by atoms with Crippen LogP contribution in [0.4, 0.5) is 0 Å². The quantitative estimate of drug-likeness (QED) is 0.355. The molecule has 0 radical (unpaired) electrons. The molecule has 0 saturated heterocycles. The van der Waals surface area contributed by atoms with Crippen LogP contribution >= 0.6 is 17.0 Å². The van der Waals surface area contributed by atoms with Crippen LogP contribution in [0.3, 0.4) is 0 Å². The fourth-order valence-corrected chi connectivity index (χ4v) is 49.3. The van der Waals surface area contributed by atoms with Crippen LogP contribution in [0.1, 0.15) is 61.4 Å². The summed E-state index contributed by atoms with van der Waals surface area (Å²) in [5, 5.41) is 0. The molecular weight excluding hydrogens is 490 g/mol. The summed E-state index contributed by atoms with van der Waals surface area (Å²) in [4.78, 5) is 0. The Morgan fingerprint density at radius 2 is 1.21 bits per heavy atom. The van der Waals surface area contributed by atoms with Gasteiger partial charge in [-0.1, -0.05) is 0 Å². The van der Waals surface area contributed by atoms with Crippen molar-refractivity contribution in [1.29, 1.82) is 0 Å². The molecule has 0 spiro atoms. The summed E-state index contributed by atoms with van der Waals surface area (Å²) in [6.07, 6.45) is 4.74. The Morgan fingerprint density at radius 1 is 0.793 bits per heavy atom. The maximum atomic E-state index is 8.16. The van der Waals surface area contributed by atoms with Crippen molar-refractivity contribution < 1.29 is 15.6 Å². The predicted molar refractivity (Wildman–Crippen MR) is 130 cm³/mol. The van der Waals surface area contributed by atoms with Crippen molar-refractivity contribution in [2.45, 2.75) is 54.5 Å². The predicted octanol–water partition coefficient (Wildman–Crippen LogP) is 8.29. The van der Waals surface area contributed by atoms with Crippen LogP contribution in [0.15, 0.2) is 47.5 Å². The minimum atomic E-state index is -4.42. The van der Waals surface area contributed by atoms with E-state index >= 15 is 0 Å². The molecule has 0 N–H and O–H groups in total. The van der Waals surface area contributed by atoms with Crippen LogP contribution in [0, 0.1) is 13.8 Å². The van der Waals surface area contributed by atoms with E-state index in [0.29, 0.717) is 0 Å². The van der Waals surface area contributed by atoms with E-state index in [2.05, 4.69) is 89.7 Å². The Hall–Kier alpha value is -0.400. The van der Waals surface area contributed by atoms with Gasteiger partial charge in [0, 0.05) is 0 Å². The zero-order chi connectivity index (χ0) is 21.2. The summed E-state index contributed by atoms with van der Waals surface area (Å²) in [5.41, 5.74) is 10.9. The minimum absolute atomic E-state index is 0.219. The molecule has 2 aromatic rings. The second-order valence-corrected chi connectivity index (χ2v) is 50.9. The van der Waals surface area contributed by atoms with Gasteiger partial charge < -0.3 is 0 Å². The third-order valence-corrected chi connectivity index (χ3v) is 59.2. The first kappa shape index (κ1) is 21.8. The topological polar surface area (TPSA) is 0 Å². The van der Waals surface area contributed by atoms with Gasteiger partial charge in [-0.25, -0.2) is 0 Å². The maximum absolute atomic E-state index is 8.16. The molecule has 0 saturated carbocycles. The molecule has 0 amide bonds. The van der Waals surface area contributed by atoms with E-state index in [9.17, 15) is 0 Å². The second kappa shape index (κ2) is 7.33. The Kier molecular flexibility index (Phi) is 5.52. The molecule has 0 heterocycles. The van der Waals surface area contributed by atoms with Gasteiger partial charge in [-0.3, -0.25) is 0 Å². The molecule has 0 fully saturated rings. The summed E-state index contributed by atoms with van der Waals surface area (Å²) in [5.74, 6) is -1.40. The average Bonchev–Trinajstić information content (AvgIpc) is 3.20. The van der Waals surface area contributed by atoms with Crippen molar-refractivity contribution in [2.24, 2.45) is 0 Å². The van der Waals surface area contributed by atoms with Gasteiger partial charge >= 0.3 is 186 Å². The Labute approximate surface area is 184 Å². The molecule has 0 aliphatic heterocycles. The molecular formula is C25H31Cl2SiZr. The first-order valence-corrected chi connectivity index (χ1v) is 26.7. The molecule has 4 rings (SSSR count). The summed E-state index contributed by atoms with van der Waals surface area (Å²) >= 11 is -4.42. The summed E-state index contributed by atoms with van der Waals surface area (Å²) in [6, 6.07) is 14.5. The van der Waals surface area contributed by atoms with E-state index in [1.54, 1.807) is 0 Å². The van der Waals surface area contributed by atoms with Crippen LogP contribution in [0.5, 0.6) is 0 Å². The van der Waals surface area contributed by atoms with Crippen LogP contribution < -0.4 is 0 Å². The molecule has 4 heteroatoms. The van der Waals surface area contributed by atoms with Gasteiger partial charge in [0.15, 0.2) is 0 Å². The number of allylic oxidation sites excluding steroid dienone is 2. The van der Waals surface area contributed by atoms with Crippen LogP contribution in [0.2, 0.25) is 12.6 Å². The summed E-state index contributed by atoms with van der Waals surface area (Å²) in [6.45, 7) is 13.7. The average molecular weight is 522 g/mol. The van der Waals surface area contributed by atoms with E-state index in [1.807, 2.05) is 0 Å². The van der Waals surface area contributed by atoms with Gasteiger partial charge in [0.05, 0.1) is 0 Å². The van der Waals surface area contributed by atoms with E-state index in [-0.39, 0.29) is 7.25 Å². The fraction of sp³-hybridized carbons (Fsp3) is 0.360. The molecule has 2 aliphatic rings. The first-order valence-electron chi connectivity index (χ1n) is 10.7. The van der Waals surface area contributed by atoms with Crippen molar-refractivity contribution in [2.75, 3.05) is 0 Å². The third kappa shape index (κ3) is 3.00. The van der Waals surface area contributed by atoms with Gasteiger partial charge in [-0.2, -0.15) is 0 Å². The van der Waals surface area contributed by atoms with Gasteiger partial charge in [0.25, 0.3) is 0 Å². The normalized spacial score (nSPS) is 23.0. The summed E-state index contributed by atoms with van der Waals surface area (Å²) < 4.78 is 0.437. The van der Waals surface area contributed by atoms with Crippen LogP contribution in [0.25, 0.3) is 12.2 Å². The van der Waals surface area contributed by atoms with Crippen LogP contribution in [-0.2, 0) is 15.6 Å². The fourth-order valence-electron chi connectivity index (χ4n) is 6.01. The number of rotatable bonds is 4. The Balaban J connectivity index is 2.02. The first-order chi connectivity index (χ1) is 13.6. The third-order valence-electron chi connectivity index (χ3n) is 7.65. The van der Waals surface area contributed by atoms with E-state index in [4.69, 9.17) is 17.0 Å². The van der Waals surface area contributed by atoms with Gasteiger partial charge in [0.2, 0.25) is 0 Å². The van der Waals surface area contributed by atoms with Crippen LogP contribution in [-0.4, -0.2) is 5.92 Å². The molecule has 0 bridgehead atoms. The zero-order valence-corrected chi connectivity index (χ0v) is 23.4. The van der Waals surface area contributed by atoms with Gasteiger partial charge in [0.1, 0.15) is 0 Å². The molecule has 29 heavy (non-hydrogen) atoms. The molecule has 2 aromatic carbocycles. The SMILES string of the molecule is CC[SiH](C)[Zr]([Cl])([Cl])([CH]1C(C)=Cc2c(C)cccc21)[CH]1C(C)=Cc2c(C)cccc21. The van der Waals surface area contributed by atoms with Crippen molar-refractivity contribution >= 4 is 35.1 Å². The van der Waals surface area contributed by atoms with E-state index < -0.39 is 21.5 Å². The van der Waals surface area contributed by atoms with Gasteiger partial charge in [-0.05, 0) is 0 Å². The second-order valence-electron chi connectivity index (χ2n) is 9.33. The van der Waals surface area contributed by atoms with Crippen molar-refractivity contribution in [3.8, 4) is 0 Å². The Morgan fingerprint density at radius 3 is 1.59 bits per heavy atom. The number of aryl methyl sites for hydroxylation is 2. The number of fused-ring (bicyclic) bond motifs is 2. The number of benzene rings is 2. The molecule has 153 valence electrons. The summed E-state index contributed by atoms with van der Waals surface area (Å²) in [7, 11) is 16.3.